The summed E-state index contributed by atoms with van der Waals surface area (Å²) in [5.74, 6) is -0.0992. The largest absolute Gasteiger partial charge is 0.459 e. The number of ether oxygens (including phenoxy) is 2. The van der Waals surface area contributed by atoms with Crippen molar-refractivity contribution in [3.63, 3.8) is 0 Å². The van der Waals surface area contributed by atoms with Gasteiger partial charge in [0.15, 0.2) is 5.76 Å². The van der Waals surface area contributed by atoms with Gasteiger partial charge in [-0.15, -0.1) is 0 Å². The summed E-state index contributed by atoms with van der Waals surface area (Å²) >= 11 is 0. The molecular formula is C12H21NO4. The molecule has 5 nitrogen and oxygen atoms in total. The van der Waals surface area contributed by atoms with Crippen molar-refractivity contribution in [2.24, 2.45) is 17.6 Å². The van der Waals surface area contributed by atoms with Crippen LogP contribution in [-0.4, -0.2) is 30.5 Å². The standard InChI is InChI=1S/C12H21NO4/c1-3-16-12-9(5-4-6-14)8(2)7-10(17-12)11(13)15/h7-9,12,14H,3-6H2,1-2H3,(H2,13,15)/t8-,9-,12+/m1/s1. The number of aliphatic hydroxyl groups is 1. The number of hydrogen-bond acceptors (Lipinski definition) is 4. The van der Waals surface area contributed by atoms with Gasteiger partial charge >= 0.3 is 0 Å². The predicted molar refractivity (Wildman–Crippen MR) is 62.8 cm³/mol. The molecule has 0 saturated heterocycles. The third-order valence-electron chi connectivity index (χ3n) is 2.95. The summed E-state index contributed by atoms with van der Waals surface area (Å²) in [6.45, 7) is 4.53. The summed E-state index contributed by atoms with van der Waals surface area (Å²) in [6.07, 6.45) is 2.78. The number of amides is 1. The average molecular weight is 243 g/mol. The predicted octanol–water partition coefficient (Wildman–Crippen LogP) is 0.773. The Morgan fingerprint density at radius 3 is 2.88 bits per heavy atom. The van der Waals surface area contributed by atoms with E-state index in [1.165, 1.54) is 0 Å². The lowest BCUT2D eigenvalue weighted by Gasteiger charge is -2.34. The minimum atomic E-state index is -0.567. The summed E-state index contributed by atoms with van der Waals surface area (Å²) in [5, 5.41) is 8.87. The number of rotatable bonds is 6. The lowest BCUT2D eigenvalue weighted by Crippen LogP contribution is -2.37. The lowest BCUT2D eigenvalue weighted by atomic mass is 9.87. The van der Waals surface area contributed by atoms with Gasteiger partial charge in [-0.2, -0.15) is 0 Å². The molecule has 3 N–H and O–H groups in total. The Kier molecular flexibility index (Phi) is 5.44. The van der Waals surface area contributed by atoms with Crippen LogP contribution in [-0.2, 0) is 14.3 Å². The maximum Gasteiger partial charge on any atom is 0.283 e. The van der Waals surface area contributed by atoms with E-state index in [1.54, 1.807) is 6.08 Å². The van der Waals surface area contributed by atoms with E-state index in [1.807, 2.05) is 13.8 Å². The molecule has 1 rings (SSSR count). The van der Waals surface area contributed by atoms with Gasteiger partial charge < -0.3 is 20.3 Å². The average Bonchev–Trinajstić information content (AvgIpc) is 2.28. The number of allylic oxidation sites excluding steroid dienone is 1. The first-order valence-corrected chi connectivity index (χ1v) is 6.00. The van der Waals surface area contributed by atoms with Gasteiger partial charge in [0.25, 0.3) is 5.91 Å². The van der Waals surface area contributed by atoms with E-state index in [0.29, 0.717) is 13.0 Å². The lowest BCUT2D eigenvalue weighted by molar-refractivity contribution is -0.170. The van der Waals surface area contributed by atoms with Crippen LogP contribution in [0.2, 0.25) is 0 Å². The van der Waals surface area contributed by atoms with Gasteiger partial charge in [0.1, 0.15) is 0 Å². The second-order valence-corrected chi connectivity index (χ2v) is 4.23. The fourth-order valence-corrected chi connectivity index (χ4v) is 2.05. The van der Waals surface area contributed by atoms with E-state index in [9.17, 15) is 4.79 Å². The second kappa shape index (κ2) is 6.61. The fraction of sp³-hybridized carbons (Fsp3) is 0.750. The molecule has 0 bridgehead atoms. The Morgan fingerprint density at radius 1 is 1.65 bits per heavy atom. The highest BCUT2D eigenvalue weighted by Gasteiger charge is 2.33. The van der Waals surface area contributed by atoms with Gasteiger partial charge in [0.2, 0.25) is 6.29 Å². The Hall–Kier alpha value is -1.07. The SMILES string of the molecule is CCO[C@H]1OC(C(N)=O)=C[C@@H](C)[C@H]1CCCO. The summed E-state index contributed by atoms with van der Waals surface area (Å²) in [4.78, 5) is 11.1. The third kappa shape index (κ3) is 3.71. The van der Waals surface area contributed by atoms with Crippen molar-refractivity contribution in [2.75, 3.05) is 13.2 Å². The zero-order valence-corrected chi connectivity index (χ0v) is 10.4. The van der Waals surface area contributed by atoms with E-state index in [0.717, 1.165) is 6.42 Å². The van der Waals surface area contributed by atoms with Crippen LogP contribution < -0.4 is 5.73 Å². The van der Waals surface area contributed by atoms with Crippen LogP contribution in [0.15, 0.2) is 11.8 Å². The Labute approximate surface area is 102 Å². The zero-order valence-electron chi connectivity index (χ0n) is 10.4. The van der Waals surface area contributed by atoms with E-state index >= 15 is 0 Å². The molecule has 1 aliphatic rings. The topological polar surface area (TPSA) is 81.8 Å². The molecule has 1 amide bonds. The summed E-state index contributed by atoms with van der Waals surface area (Å²) in [5.41, 5.74) is 5.21. The molecule has 0 aliphatic carbocycles. The van der Waals surface area contributed by atoms with Gasteiger partial charge in [0.05, 0.1) is 0 Å². The molecule has 0 spiro atoms. The van der Waals surface area contributed by atoms with Crippen LogP contribution in [0.5, 0.6) is 0 Å². The third-order valence-corrected chi connectivity index (χ3v) is 2.95. The molecule has 0 aromatic carbocycles. The highest BCUT2D eigenvalue weighted by molar-refractivity contribution is 5.90. The number of carbonyl (C=O) groups excluding carboxylic acids is 1. The smallest absolute Gasteiger partial charge is 0.283 e. The molecule has 5 heteroatoms. The number of aliphatic hydroxyl groups excluding tert-OH is 1. The van der Waals surface area contributed by atoms with Crippen LogP contribution in [0.3, 0.4) is 0 Å². The Bertz CT molecular complexity index is 290. The molecule has 1 heterocycles. The van der Waals surface area contributed by atoms with Crippen molar-refractivity contribution in [3.8, 4) is 0 Å². The van der Waals surface area contributed by atoms with Gasteiger partial charge in [-0.05, 0) is 31.8 Å². The van der Waals surface area contributed by atoms with Crippen molar-refractivity contribution >= 4 is 5.91 Å². The quantitative estimate of drug-likeness (QED) is 0.722. The first-order valence-electron chi connectivity index (χ1n) is 6.00. The van der Waals surface area contributed by atoms with Crippen LogP contribution in [0.1, 0.15) is 26.7 Å². The van der Waals surface area contributed by atoms with Crippen molar-refractivity contribution in [2.45, 2.75) is 33.0 Å². The van der Waals surface area contributed by atoms with Gasteiger partial charge in [-0.1, -0.05) is 6.92 Å². The molecule has 1 aliphatic heterocycles. The van der Waals surface area contributed by atoms with Gasteiger partial charge in [-0.3, -0.25) is 4.79 Å². The molecule has 3 atom stereocenters. The molecule has 0 aromatic heterocycles. The van der Waals surface area contributed by atoms with Crippen molar-refractivity contribution in [1.29, 1.82) is 0 Å². The van der Waals surface area contributed by atoms with Gasteiger partial charge in [-0.25, -0.2) is 0 Å². The highest BCUT2D eigenvalue weighted by atomic mass is 16.7. The maximum atomic E-state index is 11.1. The highest BCUT2D eigenvalue weighted by Crippen LogP contribution is 2.32. The number of carbonyl (C=O) groups is 1. The monoisotopic (exact) mass is 243 g/mol. The van der Waals surface area contributed by atoms with E-state index in [4.69, 9.17) is 20.3 Å². The zero-order chi connectivity index (χ0) is 12.8. The number of hydrogen-bond donors (Lipinski definition) is 2. The molecule has 0 aromatic rings. The van der Waals surface area contributed by atoms with E-state index < -0.39 is 12.2 Å². The molecule has 0 radical (unpaired) electrons. The fourth-order valence-electron chi connectivity index (χ4n) is 2.05. The van der Waals surface area contributed by atoms with Gasteiger partial charge in [0, 0.05) is 19.1 Å². The molecule has 98 valence electrons. The van der Waals surface area contributed by atoms with Crippen LogP contribution in [0, 0.1) is 11.8 Å². The normalized spacial score (nSPS) is 28.4. The molecule has 0 fully saturated rings. The van der Waals surface area contributed by atoms with Crippen molar-refractivity contribution in [3.05, 3.63) is 11.8 Å². The summed E-state index contributed by atoms with van der Waals surface area (Å²) < 4.78 is 10.9. The number of nitrogens with two attached hydrogens (primary N) is 1. The first kappa shape index (κ1) is 14.0. The van der Waals surface area contributed by atoms with Crippen LogP contribution in [0.25, 0.3) is 0 Å². The minimum absolute atomic E-state index is 0.144. The first-order chi connectivity index (χ1) is 8.10. The Morgan fingerprint density at radius 2 is 2.35 bits per heavy atom. The van der Waals surface area contributed by atoms with E-state index in [-0.39, 0.29) is 24.2 Å². The van der Waals surface area contributed by atoms with Crippen LogP contribution >= 0.6 is 0 Å². The van der Waals surface area contributed by atoms with Crippen LogP contribution in [0.4, 0.5) is 0 Å². The second-order valence-electron chi connectivity index (χ2n) is 4.23. The summed E-state index contributed by atoms with van der Waals surface area (Å²) in [7, 11) is 0. The molecule has 0 unspecified atom stereocenters. The Balaban J connectivity index is 2.76. The van der Waals surface area contributed by atoms with Crippen molar-refractivity contribution in [1.82, 2.24) is 0 Å². The summed E-state index contributed by atoms with van der Waals surface area (Å²) in [6, 6.07) is 0. The number of primary amides is 1. The molecule has 0 saturated carbocycles. The van der Waals surface area contributed by atoms with Crippen molar-refractivity contribution < 1.29 is 19.4 Å². The molecule has 17 heavy (non-hydrogen) atoms. The molecular weight excluding hydrogens is 222 g/mol. The van der Waals surface area contributed by atoms with E-state index in [2.05, 4.69) is 0 Å². The minimum Gasteiger partial charge on any atom is -0.459 e. The maximum absolute atomic E-state index is 11.1.